The molecule has 0 aliphatic carbocycles. The van der Waals surface area contributed by atoms with Crippen molar-refractivity contribution >= 4 is 31.0 Å². The minimum Gasteiger partial charge on any atom is -0.619 e. The fraction of sp³-hybridized carbons (Fsp3) is 0.360. The van der Waals surface area contributed by atoms with Crippen LogP contribution < -0.4 is 18.9 Å². The molecule has 14 nitrogen and oxygen atoms in total. The van der Waals surface area contributed by atoms with Gasteiger partial charge in [0, 0.05) is 61.2 Å². The molecule has 4 heterocycles. The van der Waals surface area contributed by atoms with Crippen LogP contribution in [0.15, 0.2) is 144 Å². The van der Waals surface area contributed by atoms with Crippen LogP contribution in [0.1, 0.15) is 52.4 Å². The number of hydrogen-bond donors (Lipinski definition) is 2. The van der Waals surface area contributed by atoms with E-state index >= 15 is 0 Å². The summed E-state index contributed by atoms with van der Waals surface area (Å²) < 4.78 is 76.0. The second kappa shape index (κ2) is 23.7. The summed E-state index contributed by atoms with van der Waals surface area (Å²) in [5, 5.41) is 22.2. The van der Waals surface area contributed by atoms with E-state index in [2.05, 4.69) is 23.6 Å². The van der Waals surface area contributed by atoms with Crippen LogP contribution in [0.25, 0.3) is 33.0 Å². The standard InChI is InChI=1S/2C20H26N2O2.C10H8O6S2/c2*1-17-4-2-11-21(16-17)12-3-15-24-20-7-5-18(6-8-20)19-9-13-22(23)14-10-19;11-17(12,13)9-5-1-3-7-8(9)4-2-6-10(7)18(14,15)16/h2*5-10,13-14,17H,2-4,11-12,15-16H2,1H3;1-6H,(H,11,12,13)(H,14,15,16). The minimum absolute atomic E-state index is 0.0233. The molecule has 0 amide bonds. The first kappa shape index (κ1) is 49.8. The van der Waals surface area contributed by atoms with Crippen LogP contribution in [0.5, 0.6) is 11.5 Å². The number of likely N-dealkylation sites (tertiary alicyclic amines) is 2. The number of piperidine rings is 2. The molecular weight excluding hydrogens is 881 g/mol. The van der Waals surface area contributed by atoms with Crippen LogP contribution in [0.4, 0.5) is 0 Å². The molecule has 2 aliphatic rings. The number of nitrogens with zero attached hydrogens (tertiary/aromatic N) is 4. The molecule has 352 valence electrons. The second-order valence-corrected chi connectivity index (χ2v) is 19.8. The first-order valence-corrected chi connectivity index (χ1v) is 25.3. The predicted octanol–water partition coefficient (Wildman–Crippen LogP) is 8.31. The van der Waals surface area contributed by atoms with E-state index in [4.69, 9.17) is 18.6 Å². The highest BCUT2D eigenvalue weighted by molar-refractivity contribution is 7.86. The fourth-order valence-corrected chi connectivity index (χ4v) is 9.75. The lowest BCUT2D eigenvalue weighted by atomic mass is 10.0. The topological polar surface area (TPSA) is 188 Å². The third-order valence-electron chi connectivity index (χ3n) is 11.6. The van der Waals surface area contributed by atoms with Crippen LogP contribution in [0, 0.1) is 22.3 Å². The Hall–Kier alpha value is -5.62. The van der Waals surface area contributed by atoms with Crippen molar-refractivity contribution in [3.63, 3.8) is 0 Å². The van der Waals surface area contributed by atoms with E-state index in [1.54, 1.807) is 0 Å². The van der Waals surface area contributed by atoms with Crippen molar-refractivity contribution in [2.75, 3.05) is 52.5 Å². The highest BCUT2D eigenvalue weighted by Crippen LogP contribution is 2.28. The number of ether oxygens (including phenoxy) is 2. The molecule has 8 rings (SSSR count). The average molecular weight is 941 g/mol. The second-order valence-electron chi connectivity index (χ2n) is 17.0. The van der Waals surface area contributed by atoms with Gasteiger partial charge in [0.05, 0.1) is 13.2 Å². The maximum atomic E-state index is 11.2. The molecule has 2 fully saturated rings. The lowest BCUT2D eigenvalue weighted by molar-refractivity contribution is -0.605. The third kappa shape index (κ3) is 15.2. The van der Waals surface area contributed by atoms with Crippen molar-refractivity contribution in [3.05, 3.63) is 144 Å². The van der Waals surface area contributed by atoms with E-state index < -0.39 is 30.0 Å². The number of fused-ring (bicyclic) bond motifs is 1. The molecular formula is C50H60N4O10S2. The van der Waals surface area contributed by atoms with Crippen LogP contribution in [-0.2, 0) is 20.2 Å². The molecule has 6 aromatic rings. The molecule has 2 atom stereocenters. The molecule has 2 saturated heterocycles. The summed E-state index contributed by atoms with van der Waals surface area (Å²) in [4.78, 5) is 4.28. The molecule has 2 aliphatic heterocycles. The smallest absolute Gasteiger partial charge is 0.295 e. The van der Waals surface area contributed by atoms with Crippen molar-refractivity contribution in [2.45, 2.75) is 62.2 Å². The first-order chi connectivity index (χ1) is 31.6. The first-order valence-electron chi connectivity index (χ1n) is 22.4. The molecule has 2 aromatic heterocycles. The summed E-state index contributed by atoms with van der Waals surface area (Å²) in [7, 11) is -8.94. The Kier molecular flexibility index (Phi) is 17.9. The molecule has 4 aromatic carbocycles. The third-order valence-corrected chi connectivity index (χ3v) is 13.5. The van der Waals surface area contributed by atoms with Gasteiger partial charge in [-0.1, -0.05) is 62.4 Å². The molecule has 0 bridgehead atoms. The molecule has 2 N–H and O–H groups in total. The van der Waals surface area contributed by atoms with E-state index in [0.717, 1.165) is 106 Å². The van der Waals surface area contributed by atoms with Crippen molar-refractivity contribution in [1.82, 2.24) is 9.80 Å². The van der Waals surface area contributed by atoms with Gasteiger partial charge >= 0.3 is 0 Å². The van der Waals surface area contributed by atoms with Crippen molar-refractivity contribution in [1.29, 1.82) is 0 Å². The van der Waals surface area contributed by atoms with Gasteiger partial charge in [-0.15, -0.1) is 0 Å². The summed E-state index contributed by atoms with van der Waals surface area (Å²) >= 11 is 0. The van der Waals surface area contributed by atoms with Gasteiger partial charge < -0.3 is 29.7 Å². The lowest BCUT2D eigenvalue weighted by Crippen LogP contribution is -2.35. The number of benzene rings is 4. The van der Waals surface area contributed by atoms with E-state index in [1.165, 1.54) is 101 Å². The Morgan fingerprint density at radius 3 is 1.23 bits per heavy atom. The zero-order valence-corrected chi connectivity index (χ0v) is 39.2. The van der Waals surface area contributed by atoms with Gasteiger partial charge in [-0.3, -0.25) is 9.11 Å². The Morgan fingerprint density at radius 1 is 0.545 bits per heavy atom. The van der Waals surface area contributed by atoms with Gasteiger partial charge in [0.2, 0.25) is 0 Å². The molecule has 0 spiro atoms. The lowest BCUT2D eigenvalue weighted by Gasteiger charge is -2.30. The monoisotopic (exact) mass is 940 g/mol. The summed E-state index contributed by atoms with van der Waals surface area (Å²) in [6, 6.07) is 30.9. The normalized spacial score (nSPS) is 16.9. The Bertz CT molecular complexity index is 2480. The van der Waals surface area contributed by atoms with Gasteiger partial charge in [-0.2, -0.15) is 26.3 Å². The van der Waals surface area contributed by atoms with Gasteiger partial charge in [-0.25, -0.2) is 0 Å². The predicted molar refractivity (Wildman–Crippen MR) is 255 cm³/mol. The minimum atomic E-state index is -4.47. The number of pyridine rings is 2. The van der Waals surface area contributed by atoms with Gasteiger partial charge in [0.1, 0.15) is 21.3 Å². The molecule has 0 saturated carbocycles. The summed E-state index contributed by atoms with van der Waals surface area (Å²) in [6.07, 6.45) is 13.6. The SMILES string of the molecule is CC1CCCN(CCCOc2ccc(-c3cc[n+]([O-])cc3)cc2)C1.CC1CCCN(CCCOc2ccc(-c3cc[n+]([O-])cc3)cc2)C1.O=S(=O)(O)c1cccc2c(S(=O)(=O)O)cccc12. The number of aromatic nitrogens is 2. The van der Waals surface area contributed by atoms with E-state index in [-0.39, 0.29) is 10.8 Å². The van der Waals surface area contributed by atoms with Crippen LogP contribution in [0.2, 0.25) is 0 Å². The summed E-state index contributed by atoms with van der Waals surface area (Å²) in [5.41, 5.74) is 4.25. The Labute approximate surface area is 388 Å². The molecule has 66 heavy (non-hydrogen) atoms. The number of hydrogen-bond acceptors (Lipinski definition) is 10. The zero-order chi connectivity index (χ0) is 47.1. The van der Waals surface area contributed by atoms with Gasteiger partial charge in [0.15, 0.2) is 24.8 Å². The van der Waals surface area contributed by atoms with Gasteiger partial charge in [-0.05, 0) is 122 Å². The Balaban J connectivity index is 0.000000166. The highest BCUT2D eigenvalue weighted by atomic mass is 32.2. The van der Waals surface area contributed by atoms with Crippen LogP contribution in [0.3, 0.4) is 0 Å². The molecule has 0 radical (unpaired) electrons. The maximum absolute atomic E-state index is 11.2. The largest absolute Gasteiger partial charge is 0.619 e. The summed E-state index contributed by atoms with van der Waals surface area (Å²) in [5.74, 6) is 3.48. The van der Waals surface area contributed by atoms with E-state index in [9.17, 15) is 27.3 Å². The van der Waals surface area contributed by atoms with Crippen LogP contribution in [-0.4, -0.2) is 88.2 Å². The number of rotatable bonds is 14. The van der Waals surface area contributed by atoms with Crippen LogP contribution >= 0.6 is 0 Å². The fourth-order valence-electron chi connectivity index (χ4n) is 8.34. The highest BCUT2D eigenvalue weighted by Gasteiger charge is 2.20. The average Bonchev–Trinajstić information content (AvgIpc) is 3.30. The zero-order valence-electron chi connectivity index (χ0n) is 37.5. The molecule has 16 heteroatoms. The van der Waals surface area contributed by atoms with Crippen molar-refractivity contribution in [3.8, 4) is 33.8 Å². The summed E-state index contributed by atoms with van der Waals surface area (Å²) in [6.45, 7) is 13.4. The quantitative estimate of drug-likeness (QED) is 0.0461. The van der Waals surface area contributed by atoms with Crippen molar-refractivity contribution in [2.24, 2.45) is 11.8 Å². The Morgan fingerprint density at radius 2 is 0.894 bits per heavy atom. The maximum Gasteiger partial charge on any atom is 0.295 e. The molecule has 2 unspecified atom stereocenters. The van der Waals surface area contributed by atoms with E-state index in [1.807, 2.05) is 72.8 Å². The van der Waals surface area contributed by atoms with Crippen molar-refractivity contribution < 1.29 is 44.9 Å². The van der Waals surface area contributed by atoms with Gasteiger partial charge in [0.25, 0.3) is 20.2 Å². The van der Waals surface area contributed by atoms with E-state index in [0.29, 0.717) is 0 Å².